The van der Waals surface area contributed by atoms with Gasteiger partial charge in [-0.1, -0.05) is 30.3 Å². The van der Waals surface area contributed by atoms with Gasteiger partial charge in [-0.2, -0.15) is 5.26 Å². The van der Waals surface area contributed by atoms with E-state index in [9.17, 15) is 9.59 Å². The van der Waals surface area contributed by atoms with Crippen LogP contribution in [0.4, 0.5) is 0 Å². The van der Waals surface area contributed by atoms with E-state index in [1.54, 1.807) is 0 Å². The molecule has 0 heterocycles. The lowest BCUT2D eigenvalue weighted by Crippen LogP contribution is -2.37. The van der Waals surface area contributed by atoms with E-state index < -0.39 is 11.9 Å². The molecular formula is C14H16N2O3. The number of hydrogen-bond acceptors (Lipinski definition) is 4. The standard InChI is InChI=1S/C14H16N2O3/c1-16(10-13(17)19-2)14(18)12(9-15)8-11-6-4-3-5-7-11/h3-7,12H,8,10H2,1-2H3. The summed E-state index contributed by atoms with van der Waals surface area (Å²) in [6, 6.07) is 11.3. The van der Waals surface area contributed by atoms with Crippen LogP contribution in [-0.4, -0.2) is 37.5 Å². The zero-order valence-electron chi connectivity index (χ0n) is 11.0. The molecule has 0 aliphatic heterocycles. The third kappa shape index (κ3) is 4.43. The van der Waals surface area contributed by atoms with Crippen LogP contribution >= 0.6 is 0 Å². The number of carbonyl (C=O) groups excluding carboxylic acids is 2. The number of benzene rings is 1. The first-order valence-corrected chi connectivity index (χ1v) is 5.83. The average Bonchev–Trinajstić information content (AvgIpc) is 2.44. The highest BCUT2D eigenvalue weighted by atomic mass is 16.5. The predicted octanol–water partition coefficient (Wildman–Crippen LogP) is 1.00. The molecule has 1 atom stereocenters. The van der Waals surface area contributed by atoms with Crippen LogP contribution in [0, 0.1) is 17.2 Å². The summed E-state index contributed by atoms with van der Waals surface area (Å²) >= 11 is 0. The zero-order chi connectivity index (χ0) is 14.3. The van der Waals surface area contributed by atoms with Crippen molar-refractivity contribution in [3.05, 3.63) is 35.9 Å². The Bertz CT molecular complexity index is 479. The average molecular weight is 260 g/mol. The van der Waals surface area contributed by atoms with Crippen LogP contribution in [0.2, 0.25) is 0 Å². The highest BCUT2D eigenvalue weighted by molar-refractivity contribution is 5.85. The molecule has 0 spiro atoms. The third-order valence-electron chi connectivity index (χ3n) is 2.71. The van der Waals surface area contributed by atoms with Gasteiger partial charge in [-0.25, -0.2) is 0 Å². The van der Waals surface area contributed by atoms with Gasteiger partial charge < -0.3 is 9.64 Å². The molecule has 5 nitrogen and oxygen atoms in total. The van der Waals surface area contributed by atoms with E-state index in [2.05, 4.69) is 4.74 Å². The van der Waals surface area contributed by atoms with Crippen molar-refractivity contribution in [1.82, 2.24) is 4.90 Å². The van der Waals surface area contributed by atoms with Crippen molar-refractivity contribution in [2.45, 2.75) is 6.42 Å². The van der Waals surface area contributed by atoms with Crippen molar-refractivity contribution in [2.24, 2.45) is 5.92 Å². The molecule has 0 N–H and O–H groups in total. The van der Waals surface area contributed by atoms with E-state index in [1.165, 1.54) is 19.1 Å². The highest BCUT2D eigenvalue weighted by Crippen LogP contribution is 2.10. The summed E-state index contributed by atoms with van der Waals surface area (Å²) in [6.45, 7) is -0.150. The van der Waals surface area contributed by atoms with Gasteiger partial charge in [0.15, 0.2) is 0 Å². The minimum Gasteiger partial charge on any atom is -0.468 e. The first kappa shape index (κ1) is 14.7. The molecule has 100 valence electrons. The van der Waals surface area contributed by atoms with Gasteiger partial charge in [0, 0.05) is 7.05 Å². The molecule has 0 fully saturated rings. The van der Waals surface area contributed by atoms with Gasteiger partial charge in [-0.3, -0.25) is 9.59 Å². The summed E-state index contributed by atoms with van der Waals surface area (Å²) < 4.78 is 4.49. The topological polar surface area (TPSA) is 70.4 Å². The van der Waals surface area contributed by atoms with Crippen molar-refractivity contribution in [3.63, 3.8) is 0 Å². The van der Waals surface area contributed by atoms with Gasteiger partial charge in [0.25, 0.3) is 0 Å². The van der Waals surface area contributed by atoms with Crippen molar-refractivity contribution < 1.29 is 14.3 Å². The van der Waals surface area contributed by atoms with Crippen LogP contribution < -0.4 is 0 Å². The maximum Gasteiger partial charge on any atom is 0.325 e. The summed E-state index contributed by atoms with van der Waals surface area (Å²) in [5, 5.41) is 9.08. The van der Waals surface area contributed by atoms with Gasteiger partial charge >= 0.3 is 5.97 Å². The maximum atomic E-state index is 12.0. The zero-order valence-corrected chi connectivity index (χ0v) is 11.0. The van der Waals surface area contributed by atoms with E-state index in [4.69, 9.17) is 5.26 Å². The monoisotopic (exact) mass is 260 g/mol. The molecule has 0 radical (unpaired) electrons. The fraction of sp³-hybridized carbons (Fsp3) is 0.357. The van der Waals surface area contributed by atoms with Crippen molar-refractivity contribution in [3.8, 4) is 6.07 Å². The largest absolute Gasteiger partial charge is 0.468 e. The number of likely N-dealkylation sites (N-methyl/N-ethyl adjacent to an activating group) is 1. The number of esters is 1. The molecule has 0 saturated heterocycles. The van der Waals surface area contributed by atoms with Crippen LogP contribution in [0.15, 0.2) is 30.3 Å². The van der Waals surface area contributed by atoms with Gasteiger partial charge in [-0.15, -0.1) is 0 Å². The molecule has 1 aromatic carbocycles. The second kappa shape index (κ2) is 7.17. The predicted molar refractivity (Wildman–Crippen MR) is 68.9 cm³/mol. The molecule has 0 aromatic heterocycles. The molecule has 0 aliphatic rings. The second-order valence-corrected chi connectivity index (χ2v) is 4.14. The Labute approximate surface area is 112 Å². The van der Waals surface area contributed by atoms with E-state index in [0.29, 0.717) is 6.42 Å². The van der Waals surface area contributed by atoms with Gasteiger partial charge in [-0.05, 0) is 12.0 Å². The number of hydrogen-bond donors (Lipinski definition) is 0. The van der Waals surface area contributed by atoms with Crippen LogP contribution in [0.1, 0.15) is 5.56 Å². The van der Waals surface area contributed by atoms with Gasteiger partial charge in [0.1, 0.15) is 12.5 Å². The van der Waals surface area contributed by atoms with E-state index >= 15 is 0 Å². The maximum absolute atomic E-state index is 12.0. The van der Waals surface area contributed by atoms with Crippen LogP contribution in [-0.2, 0) is 20.7 Å². The van der Waals surface area contributed by atoms with Crippen LogP contribution in [0.3, 0.4) is 0 Å². The second-order valence-electron chi connectivity index (χ2n) is 4.14. The summed E-state index contributed by atoms with van der Waals surface area (Å²) in [4.78, 5) is 24.3. The third-order valence-corrected chi connectivity index (χ3v) is 2.71. The lowest BCUT2D eigenvalue weighted by molar-refractivity contribution is -0.146. The number of nitriles is 1. The molecular weight excluding hydrogens is 244 g/mol. The molecule has 19 heavy (non-hydrogen) atoms. The number of methoxy groups -OCH3 is 1. The SMILES string of the molecule is COC(=O)CN(C)C(=O)C(C#N)Cc1ccccc1. The Balaban J connectivity index is 2.67. The molecule has 1 amide bonds. The van der Waals surface area contributed by atoms with Gasteiger partial charge in [0.05, 0.1) is 13.2 Å². The van der Waals surface area contributed by atoms with E-state index in [1.807, 2.05) is 36.4 Å². The molecule has 5 heteroatoms. The summed E-state index contributed by atoms with van der Waals surface area (Å²) in [7, 11) is 2.74. The fourth-order valence-electron chi connectivity index (χ4n) is 1.64. The lowest BCUT2D eigenvalue weighted by atomic mass is 9.99. The summed E-state index contributed by atoms with van der Waals surface area (Å²) in [5.74, 6) is -1.68. The van der Waals surface area contributed by atoms with Crippen molar-refractivity contribution >= 4 is 11.9 Å². The molecule has 1 aromatic rings. The fourth-order valence-corrected chi connectivity index (χ4v) is 1.64. The smallest absolute Gasteiger partial charge is 0.325 e. The molecule has 0 saturated carbocycles. The Hall–Kier alpha value is -2.35. The number of nitrogens with zero attached hydrogens (tertiary/aromatic N) is 2. The van der Waals surface area contributed by atoms with E-state index in [-0.39, 0.29) is 12.5 Å². The number of carbonyl (C=O) groups is 2. The molecule has 0 aliphatic carbocycles. The van der Waals surface area contributed by atoms with E-state index in [0.717, 1.165) is 5.56 Å². The summed E-state index contributed by atoms with van der Waals surface area (Å²) in [6.07, 6.45) is 0.335. The highest BCUT2D eigenvalue weighted by Gasteiger charge is 2.23. The van der Waals surface area contributed by atoms with Crippen LogP contribution in [0.5, 0.6) is 0 Å². The normalized spacial score (nSPS) is 11.2. The molecule has 1 rings (SSSR count). The Morgan fingerprint density at radius 1 is 1.37 bits per heavy atom. The quantitative estimate of drug-likeness (QED) is 0.740. The lowest BCUT2D eigenvalue weighted by Gasteiger charge is -2.18. The molecule has 1 unspecified atom stereocenters. The number of rotatable bonds is 5. The van der Waals surface area contributed by atoms with Gasteiger partial charge in [0.2, 0.25) is 5.91 Å². The molecule has 0 bridgehead atoms. The minimum atomic E-state index is -0.794. The Morgan fingerprint density at radius 3 is 2.53 bits per heavy atom. The Morgan fingerprint density at radius 2 is 2.00 bits per heavy atom. The number of ether oxygens (including phenoxy) is 1. The summed E-state index contributed by atoms with van der Waals surface area (Å²) in [5.41, 5.74) is 0.911. The minimum absolute atomic E-state index is 0.150. The first-order valence-electron chi connectivity index (χ1n) is 5.83. The van der Waals surface area contributed by atoms with Crippen LogP contribution in [0.25, 0.3) is 0 Å². The Kier molecular flexibility index (Phi) is 5.55. The van der Waals surface area contributed by atoms with Crippen molar-refractivity contribution in [1.29, 1.82) is 5.26 Å². The first-order chi connectivity index (χ1) is 9.08. The number of amides is 1. The van der Waals surface area contributed by atoms with Crippen molar-refractivity contribution in [2.75, 3.05) is 20.7 Å².